The molecule has 19 heavy (non-hydrogen) atoms. The number of nitrogens with one attached hydrogen (secondary N) is 1. The Morgan fingerprint density at radius 2 is 2.05 bits per heavy atom. The zero-order valence-corrected chi connectivity index (χ0v) is 12.9. The van der Waals surface area contributed by atoms with Gasteiger partial charge in [0.25, 0.3) is 0 Å². The van der Waals surface area contributed by atoms with Crippen LogP contribution in [0, 0.1) is 11.3 Å². The van der Waals surface area contributed by atoms with Crippen LogP contribution in [0.4, 0.5) is 0 Å². The number of hydrogen-bond acceptors (Lipinski definition) is 3. The summed E-state index contributed by atoms with van der Waals surface area (Å²) in [7, 11) is 2.13. The van der Waals surface area contributed by atoms with Gasteiger partial charge in [0.15, 0.2) is 0 Å². The van der Waals surface area contributed by atoms with E-state index in [4.69, 9.17) is 0 Å². The van der Waals surface area contributed by atoms with Gasteiger partial charge in [-0.25, -0.2) is 0 Å². The van der Waals surface area contributed by atoms with E-state index in [1.807, 2.05) is 0 Å². The van der Waals surface area contributed by atoms with Gasteiger partial charge in [0.1, 0.15) is 0 Å². The van der Waals surface area contributed by atoms with Crippen LogP contribution in [0.2, 0.25) is 0 Å². The zero-order chi connectivity index (χ0) is 14.0. The van der Waals surface area contributed by atoms with Gasteiger partial charge in [0, 0.05) is 31.1 Å². The largest absolute Gasteiger partial charge is 0.337 e. The fourth-order valence-corrected chi connectivity index (χ4v) is 3.45. The number of carbonyl (C=O) groups excluding carboxylic acids is 1. The monoisotopic (exact) mass is 267 g/mol. The molecule has 2 atom stereocenters. The predicted molar refractivity (Wildman–Crippen MR) is 78.0 cm³/mol. The highest BCUT2D eigenvalue weighted by molar-refractivity contribution is 5.82. The molecule has 0 aromatic carbocycles. The summed E-state index contributed by atoms with van der Waals surface area (Å²) in [6.07, 6.45) is 2.37. The molecule has 1 amide bonds. The highest BCUT2D eigenvalue weighted by Gasteiger charge is 2.41. The number of piperazine rings is 1. The van der Waals surface area contributed by atoms with Gasteiger partial charge in [0.05, 0.1) is 0 Å². The summed E-state index contributed by atoms with van der Waals surface area (Å²) in [6.45, 7) is 11.4. The third-order valence-electron chi connectivity index (χ3n) is 4.96. The van der Waals surface area contributed by atoms with Crippen molar-refractivity contribution in [2.24, 2.45) is 11.3 Å². The van der Waals surface area contributed by atoms with Crippen LogP contribution < -0.4 is 5.32 Å². The topological polar surface area (TPSA) is 35.6 Å². The third-order valence-corrected chi connectivity index (χ3v) is 4.96. The smallest absolute Gasteiger partial charge is 0.228 e. The van der Waals surface area contributed by atoms with Gasteiger partial charge in [-0.05, 0) is 45.8 Å². The standard InChI is InChI=1S/C15H29N3O/c1-12-11-17(4)8-9-18(12)14(19)15(2,3)13-6-5-7-16-10-13/h12-13,16H,5-11H2,1-4H3. The Hall–Kier alpha value is -0.610. The van der Waals surface area contributed by atoms with Gasteiger partial charge in [-0.1, -0.05) is 13.8 Å². The van der Waals surface area contributed by atoms with Gasteiger partial charge in [-0.3, -0.25) is 4.79 Å². The van der Waals surface area contributed by atoms with Gasteiger partial charge < -0.3 is 15.1 Å². The zero-order valence-electron chi connectivity index (χ0n) is 12.9. The third kappa shape index (κ3) is 3.11. The van der Waals surface area contributed by atoms with Crippen molar-refractivity contribution in [3.05, 3.63) is 0 Å². The predicted octanol–water partition coefficient (Wildman–Crippen LogP) is 1.17. The average Bonchev–Trinajstić information content (AvgIpc) is 2.39. The Labute approximate surface area is 117 Å². The SMILES string of the molecule is CC1CN(C)CCN1C(=O)C(C)(C)C1CCCNC1. The van der Waals surface area contributed by atoms with E-state index in [9.17, 15) is 4.79 Å². The van der Waals surface area contributed by atoms with Gasteiger partial charge in [-0.2, -0.15) is 0 Å². The number of carbonyl (C=O) groups is 1. The molecule has 0 bridgehead atoms. The Morgan fingerprint density at radius 1 is 1.32 bits per heavy atom. The number of piperidine rings is 1. The molecule has 4 nitrogen and oxygen atoms in total. The maximum Gasteiger partial charge on any atom is 0.228 e. The minimum Gasteiger partial charge on any atom is -0.337 e. The molecule has 0 aromatic rings. The minimum absolute atomic E-state index is 0.239. The van der Waals surface area contributed by atoms with E-state index >= 15 is 0 Å². The van der Waals surface area contributed by atoms with E-state index in [1.165, 1.54) is 12.8 Å². The maximum absolute atomic E-state index is 12.9. The fraction of sp³-hybridized carbons (Fsp3) is 0.933. The fourth-order valence-electron chi connectivity index (χ4n) is 3.45. The highest BCUT2D eigenvalue weighted by atomic mass is 16.2. The van der Waals surface area contributed by atoms with Crippen LogP contribution >= 0.6 is 0 Å². The van der Waals surface area contributed by atoms with Crippen molar-refractivity contribution in [3.63, 3.8) is 0 Å². The lowest BCUT2D eigenvalue weighted by atomic mass is 9.73. The Kier molecular flexibility index (Phi) is 4.51. The van der Waals surface area contributed by atoms with E-state index in [0.717, 1.165) is 32.7 Å². The first-order valence-electron chi connectivity index (χ1n) is 7.63. The maximum atomic E-state index is 12.9. The van der Waals surface area contributed by atoms with E-state index in [0.29, 0.717) is 17.9 Å². The molecule has 4 heteroatoms. The second-order valence-corrected chi connectivity index (χ2v) is 6.87. The van der Waals surface area contributed by atoms with Gasteiger partial charge >= 0.3 is 0 Å². The number of likely N-dealkylation sites (N-methyl/N-ethyl adjacent to an activating group) is 1. The lowest BCUT2D eigenvalue weighted by Gasteiger charge is -2.45. The van der Waals surface area contributed by atoms with E-state index < -0.39 is 0 Å². The molecule has 0 saturated carbocycles. The molecule has 2 fully saturated rings. The molecule has 2 heterocycles. The molecule has 2 unspecified atom stereocenters. The van der Waals surface area contributed by atoms with Crippen LogP contribution in [0.15, 0.2) is 0 Å². The van der Waals surface area contributed by atoms with Crippen LogP contribution in [-0.2, 0) is 4.79 Å². The van der Waals surface area contributed by atoms with Gasteiger partial charge in [0.2, 0.25) is 5.91 Å². The minimum atomic E-state index is -0.239. The van der Waals surface area contributed by atoms with Crippen LogP contribution in [-0.4, -0.2) is 61.5 Å². The van der Waals surface area contributed by atoms with Crippen LogP contribution in [0.25, 0.3) is 0 Å². The number of rotatable bonds is 2. The molecule has 0 aliphatic carbocycles. The summed E-state index contributed by atoms with van der Waals surface area (Å²) in [5.41, 5.74) is -0.239. The second kappa shape index (κ2) is 5.80. The summed E-state index contributed by atoms with van der Waals surface area (Å²) in [6, 6.07) is 0.335. The molecule has 2 aliphatic rings. The van der Waals surface area contributed by atoms with Crippen molar-refractivity contribution in [2.75, 3.05) is 39.8 Å². The van der Waals surface area contributed by atoms with Gasteiger partial charge in [-0.15, -0.1) is 0 Å². The van der Waals surface area contributed by atoms with Crippen molar-refractivity contribution in [1.29, 1.82) is 0 Å². The molecule has 1 N–H and O–H groups in total. The summed E-state index contributed by atoms with van der Waals surface area (Å²) in [5.74, 6) is 0.822. The molecule has 2 rings (SSSR count). The summed E-state index contributed by atoms with van der Waals surface area (Å²) in [4.78, 5) is 17.3. The number of hydrogen-bond donors (Lipinski definition) is 1. The molecule has 2 aliphatic heterocycles. The molecule has 110 valence electrons. The van der Waals surface area contributed by atoms with Crippen molar-refractivity contribution in [2.45, 2.75) is 39.7 Å². The Balaban J connectivity index is 2.04. The van der Waals surface area contributed by atoms with Crippen LogP contribution in [0.1, 0.15) is 33.6 Å². The van der Waals surface area contributed by atoms with E-state index in [2.05, 4.69) is 42.9 Å². The van der Waals surface area contributed by atoms with Crippen LogP contribution in [0.3, 0.4) is 0 Å². The molecule has 2 saturated heterocycles. The lowest BCUT2D eigenvalue weighted by molar-refractivity contribution is -0.148. The number of amides is 1. The second-order valence-electron chi connectivity index (χ2n) is 6.87. The molecule has 0 radical (unpaired) electrons. The summed E-state index contributed by atoms with van der Waals surface area (Å²) < 4.78 is 0. The normalized spacial score (nSPS) is 30.4. The molecule has 0 aromatic heterocycles. The van der Waals surface area contributed by atoms with Crippen molar-refractivity contribution in [3.8, 4) is 0 Å². The van der Waals surface area contributed by atoms with E-state index in [1.54, 1.807) is 0 Å². The van der Waals surface area contributed by atoms with Crippen molar-refractivity contribution < 1.29 is 4.79 Å². The van der Waals surface area contributed by atoms with Crippen LogP contribution in [0.5, 0.6) is 0 Å². The first kappa shape index (κ1) is 14.8. The van der Waals surface area contributed by atoms with E-state index in [-0.39, 0.29) is 5.41 Å². The molecule has 0 spiro atoms. The molecular formula is C15H29N3O. The summed E-state index contributed by atoms with van der Waals surface area (Å²) >= 11 is 0. The Morgan fingerprint density at radius 3 is 2.63 bits per heavy atom. The quantitative estimate of drug-likeness (QED) is 0.816. The summed E-state index contributed by atoms with van der Waals surface area (Å²) in [5, 5.41) is 3.44. The lowest BCUT2D eigenvalue weighted by Crippen LogP contribution is -2.57. The van der Waals surface area contributed by atoms with Crippen molar-refractivity contribution >= 4 is 5.91 Å². The average molecular weight is 267 g/mol. The molecular weight excluding hydrogens is 238 g/mol. The Bertz CT molecular complexity index is 323. The highest BCUT2D eigenvalue weighted by Crippen LogP contribution is 2.34. The first-order chi connectivity index (χ1) is 8.93. The first-order valence-corrected chi connectivity index (χ1v) is 7.63. The number of nitrogens with zero attached hydrogens (tertiary/aromatic N) is 2. The van der Waals surface area contributed by atoms with Crippen molar-refractivity contribution in [1.82, 2.24) is 15.1 Å².